The van der Waals surface area contributed by atoms with E-state index in [-0.39, 0.29) is 0 Å². The minimum Gasteiger partial charge on any atom is -0.380 e. The molecule has 15 heavy (non-hydrogen) atoms. The van der Waals surface area contributed by atoms with E-state index in [9.17, 15) is 0 Å². The fraction of sp³-hybridized carbons (Fsp3) is 0.500. The third-order valence-electron chi connectivity index (χ3n) is 2.24. The van der Waals surface area contributed by atoms with E-state index >= 15 is 0 Å². The van der Waals surface area contributed by atoms with Gasteiger partial charge >= 0.3 is 0 Å². The van der Waals surface area contributed by atoms with Gasteiger partial charge in [-0.1, -0.05) is 6.07 Å². The molecule has 0 saturated carbocycles. The molecule has 1 atom stereocenters. The van der Waals surface area contributed by atoms with E-state index in [0.717, 1.165) is 13.2 Å². The molecule has 0 fully saturated rings. The molecule has 1 aromatic carbocycles. The van der Waals surface area contributed by atoms with E-state index in [4.69, 9.17) is 4.74 Å². The summed E-state index contributed by atoms with van der Waals surface area (Å²) in [5.41, 5.74) is 2.51. The van der Waals surface area contributed by atoms with Gasteiger partial charge in [0.1, 0.15) is 0 Å². The number of hydrogen-bond acceptors (Lipinski definition) is 2. The highest BCUT2D eigenvalue weighted by Gasteiger charge is 2.05. The molecule has 2 nitrogen and oxygen atoms in total. The molecule has 0 saturated heterocycles. The van der Waals surface area contributed by atoms with E-state index in [1.54, 1.807) is 0 Å². The Balaban J connectivity index is 2.60. The van der Waals surface area contributed by atoms with Crippen molar-refractivity contribution in [3.05, 3.63) is 27.3 Å². The van der Waals surface area contributed by atoms with Crippen LogP contribution in [0.25, 0.3) is 0 Å². The van der Waals surface area contributed by atoms with Crippen molar-refractivity contribution >= 4 is 28.3 Å². The third kappa shape index (κ3) is 3.99. The lowest BCUT2D eigenvalue weighted by molar-refractivity contribution is 0.141. The van der Waals surface area contributed by atoms with Crippen molar-refractivity contribution in [3.63, 3.8) is 0 Å². The van der Waals surface area contributed by atoms with Crippen LogP contribution in [0.1, 0.15) is 19.4 Å². The Bertz CT molecular complexity index is 314. The zero-order chi connectivity index (χ0) is 11.3. The number of nitrogens with one attached hydrogen (secondary N) is 1. The highest BCUT2D eigenvalue weighted by Crippen LogP contribution is 2.20. The minimum absolute atomic E-state index is 0.349. The second-order valence-corrected chi connectivity index (χ2v) is 4.78. The SMILES string of the molecule is CCOCC(C)Nc1cccc(I)c1C. The van der Waals surface area contributed by atoms with Gasteiger partial charge in [-0.05, 0) is 61.1 Å². The molecule has 0 aliphatic heterocycles. The van der Waals surface area contributed by atoms with Gasteiger partial charge in [-0.3, -0.25) is 0 Å². The fourth-order valence-electron chi connectivity index (χ4n) is 1.37. The molecule has 0 aliphatic carbocycles. The smallest absolute Gasteiger partial charge is 0.0664 e. The molecule has 0 amide bonds. The van der Waals surface area contributed by atoms with Crippen LogP contribution in [-0.4, -0.2) is 19.3 Å². The summed E-state index contributed by atoms with van der Waals surface area (Å²) in [6, 6.07) is 6.65. The summed E-state index contributed by atoms with van der Waals surface area (Å²) in [7, 11) is 0. The van der Waals surface area contributed by atoms with E-state index < -0.39 is 0 Å². The first-order valence-electron chi connectivity index (χ1n) is 5.24. The number of halogens is 1. The van der Waals surface area contributed by atoms with E-state index in [2.05, 4.69) is 60.0 Å². The molecule has 0 heterocycles. The van der Waals surface area contributed by atoms with Crippen molar-refractivity contribution in [1.29, 1.82) is 0 Å². The van der Waals surface area contributed by atoms with Crippen molar-refractivity contribution in [3.8, 4) is 0 Å². The maximum atomic E-state index is 5.37. The molecular weight excluding hydrogens is 301 g/mol. The summed E-state index contributed by atoms with van der Waals surface area (Å²) in [5, 5.41) is 3.46. The van der Waals surface area contributed by atoms with Crippen molar-refractivity contribution in [1.82, 2.24) is 0 Å². The van der Waals surface area contributed by atoms with Gasteiger partial charge in [0.2, 0.25) is 0 Å². The Hall–Kier alpha value is -0.290. The molecule has 0 bridgehead atoms. The van der Waals surface area contributed by atoms with Crippen LogP contribution in [-0.2, 0) is 4.74 Å². The summed E-state index contributed by atoms with van der Waals surface area (Å²) in [4.78, 5) is 0. The summed E-state index contributed by atoms with van der Waals surface area (Å²) < 4.78 is 6.67. The molecule has 1 rings (SSSR count). The molecule has 1 unspecified atom stereocenters. The molecule has 1 aromatic rings. The Kier molecular flexibility index (Phi) is 5.39. The average Bonchev–Trinajstić information content (AvgIpc) is 2.22. The Labute approximate surface area is 106 Å². The molecule has 1 N–H and O–H groups in total. The van der Waals surface area contributed by atoms with Gasteiger partial charge in [-0.2, -0.15) is 0 Å². The van der Waals surface area contributed by atoms with Crippen LogP contribution >= 0.6 is 22.6 Å². The molecular formula is C12H18INO. The Morgan fingerprint density at radius 2 is 2.20 bits per heavy atom. The minimum atomic E-state index is 0.349. The van der Waals surface area contributed by atoms with Crippen LogP contribution in [0.5, 0.6) is 0 Å². The van der Waals surface area contributed by atoms with Gasteiger partial charge in [0.05, 0.1) is 6.61 Å². The van der Waals surface area contributed by atoms with E-state index in [1.165, 1.54) is 14.8 Å². The lowest BCUT2D eigenvalue weighted by atomic mass is 10.2. The Morgan fingerprint density at radius 1 is 1.47 bits per heavy atom. The van der Waals surface area contributed by atoms with Gasteiger partial charge in [-0.25, -0.2) is 0 Å². The van der Waals surface area contributed by atoms with Crippen LogP contribution in [0, 0.1) is 10.5 Å². The number of ether oxygens (including phenoxy) is 1. The molecule has 0 aliphatic rings. The third-order valence-corrected chi connectivity index (χ3v) is 3.41. The predicted molar refractivity (Wildman–Crippen MR) is 73.5 cm³/mol. The fourth-order valence-corrected chi connectivity index (χ4v) is 1.86. The molecule has 84 valence electrons. The van der Waals surface area contributed by atoms with Crippen LogP contribution in [0.3, 0.4) is 0 Å². The molecule has 0 aromatic heterocycles. The maximum Gasteiger partial charge on any atom is 0.0664 e. The normalized spacial score (nSPS) is 12.5. The largest absolute Gasteiger partial charge is 0.380 e. The van der Waals surface area contributed by atoms with Gasteiger partial charge in [0.15, 0.2) is 0 Å². The number of anilines is 1. The van der Waals surface area contributed by atoms with Gasteiger partial charge in [0, 0.05) is 21.9 Å². The first kappa shape index (κ1) is 12.8. The summed E-state index contributed by atoms with van der Waals surface area (Å²) in [6.45, 7) is 7.81. The maximum absolute atomic E-state index is 5.37. The quantitative estimate of drug-likeness (QED) is 0.840. The van der Waals surface area contributed by atoms with Crippen molar-refractivity contribution in [2.75, 3.05) is 18.5 Å². The van der Waals surface area contributed by atoms with Gasteiger partial charge in [-0.15, -0.1) is 0 Å². The lowest BCUT2D eigenvalue weighted by Gasteiger charge is -2.17. The standard InChI is InChI=1S/C12H18INO/c1-4-15-8-9(2)14-12-7-5-6-11(13)10(12)3/h5-7,9,14H,4,8H2,1-3H3. The second-order valence-electron chi connectivity index (χ2n) is 3.62. The van der Waals surface area contributed by atoms with Crippen molar-refractivity contribution in [2.45, 2.75) is 26.8 Å². The topological polar surface area (TPSA) is 21.3 Å². The molecule has 0 spiro atoms. The average molecular weight is 319 g/mol. The van der Waals surface area contributed by atoms with Gasteiger partial charge < -0.3 is 10.1 Å². The summed E-state index contributed by atoms with van der Waals surface area (Å²) in [6.07, 6.45) is 0. The summed E-state index contributed by atoms with van der Waals surface area (Å²) in [5.74, 6) is 0. The van der Waals surface area contributed by atoms with Crippen LogP contribution in [0.2, 0.25) is 0 Å². The highest BCUT2D eigenvalue weighted by molar-refractivity contribution is 14.1. The zero-order valence-corrected chi connectivity index (χ0v) is 11.7. The number of benzene rings is 1. The Morgan fingerprint density at radius 3 is 2.87 bits per heavy atom. The van der Waals surface area contributed by atoms with Crippen molar-refractivity contribution in [2.24, 2.45) is 0 Å². The van der Waals surface area contributed by atoms with Gasteiger partial charge in [0.25, 0.3) is 0 Å². The second kappa shape index (κ2) is 6.33. The first-order valence-corrected chi connectivity index (χ1v) is 6.32. The van der Waals surface area contributed by atoms with Crippen molar-refractivity contribution < 1.29 is 4.74 Å². The monoisotopic (exact) mass is 319 g/mol. The predicted octanol–water partition coefficient (Wildman–Crippen LogP) is 3.44. The van der Waals surface area contributed by atoms with Crippen LogP contribution in [0.15, 0.2) is 18.2 Å². The van der Waals surface area contributed by atoms with E-state index in [0.29, 0.717) is 6.04 Å². The molecule has 0 radical (unpaired) electrons. The van der Waals surface area contributed by atoms with E-state index in [1.807, 2.05) is 6.92 Å². The number of hydrogen-bond donors (Lipinski definition) is 1. The van der Waals surface area contributed by atoms with Crippen LogP contribution < -0.4 is 5.32 Å². The first-order chi connectivity index (χ1) is 7.15. The number of rotatable bonds is 5. The zero-order valence-electron chi connectivity index (χ0n) is 9.51. The highest BCUT2D eigenvalue weighted by atomic mass is 127. The lowest BCUT2D eigenvalue weighted by Crippen LogP contribution is -2.22. The van der Waals surface area contributed by atoms with Crippen LogP contribution in [0.4, 0.5) is 5.69 Å². The molecule has 3 heteroatoms. The summed E-state index contributed by atoms with van der Waals surface area (Å²) >= 11 is 2.35.